The monoisotopic (exact) mass is 1100 g/mol. The molecule has 0 bridgehead atoms. The molecule has 0 fully saturated rings. The van der Waals surface area contributed by atoms with Gasteiger partial charge in [0.05, 0.1) is 30.5 Å². The molecule has 0 aliphatic carbocycles. The molecule has 6 aromatic carbocycles. The van der Waals surface area contributed by atoms with Crippen molar-refractivity contribution >= 4 is 11.0 Å². The Kier molecular flexibility index (Phi) is 5.92. The van der Waals surface area contributed by atoms with Gasteiger partial charge in [-0.3, -0.25) is 9.55 Å². The van der Waals surface area contributed by atoms with Gasteiger partial charge in [0, 0.05) is 81.1 Å². The van der Waals surface area contributed by atoms with Crippen molar-refractivity contribution in [2.75, 3.05) is 0 Å². The molecule has 0 amide bonds. The summed E-state index contributed by atoms with van der Waals surface area (Å²) in [4.78, 5) is 9.35. The molecule has 2 heterocycles. The number of hydrogen-bond donors (Lipinski definition) is 1. The van der Waals surface area contributed by atoms with E-state index in [4.69, 9.17) is 47.5 Å². The third-order valence-electron chi connectivity index (χ3n) is 11.1. The van der Waals surface area contributed by atoms with Gasteiger partial charge in [0.15, 0.2) is 0 Å². The molecule has 0 radical (unpaired) electrons. The summed E-state index contributed by atoms with van der Waals surface area (Å²) in [6.07, 6.45) is 1.15. The van der Waals surface area contributed by atoms with E-state index in [1.807, 2.05) is 20.8 Å². The first-order chi connectivity index (χ1) is 44.6. The predicted octanol–water partition coefficient (Wildman–Crippen LogP) is 16.7. The second kappa shape index (κ2) is 17.8. The van der Waals surface area contributed by atoms with Crippen molar-refractivity contribution in [3.63, 3.8) is 0 Å². The molecule has 8 aromatic rings. The summed E-state index contributed by atoms with van der Waals surface area (Å²) >= 11 is 0. The Morgan fingerprint density at radius 1 is 0.552 bits per heavy atom. The minimum Gasteiger partial charge on any atom is -0.507 e. The van der Waals surface area contributed by atoms with Crippen LogP contribution < -0.4 is 0 Å². The van der Waals surface area contributed by atoms with Crippen LogP contribution in [-0.4, -0.2) is 19.6 Å². The summed E-state index contributed by atoms with van der Waals surface area (Å²) < 4.78 is 296. The van der Waals surface area contributed by atoms with Crippen LogP contribution in [0.5, 0.6) is 5.75 Å². The van der Waals surface area contributed by atoms with E-state index in [0.717, 1.165) is 22.9 Å². The van der Waals surface area contributed by atoms with Crippen LogP contribution in [0.2, 0.25) is 0 Å². The molecule has 8 rings (SSSR count). The Hall–Kier alpha value is -5.57. The predicted molar refractivity (Wildman–Crippen MR) is 280 cm³/mol. The molecule has 5 heteroatoms. The van der Waals surface area contributed by atoms with Gasteiger partial charge in [-0.15, -0.1) is 29.3 Å². The normalized spacial score (nSPS) is 21.6. The number of para-hydroxylation sites is 1. The number of hydrogen-bond acceptors (Lipinski definition) is 3. The van der Waals surface area contributed by atoms with Crippen molar-refractivity contribution in [1.29, 1.82) is 0 Å². The summed E-state index contributed by atoms with van der Waals surface area (Å²) in [7, 11) is 0. The van der Waals surface area contributed by atoms with E-state index in [1.165, 1.54) is 36.4 Å². The average Bonchev–Trinajstić information content (AvgIpc) is 0.855. The first kappa shape index (κ1) is 22.2. The van der Waals surface area contributed by atoms with Crippen LogP contribution in [0.15, 0.2) is 133 Å². The number of aromatic hydroxyl groups is 1. The minimum absolute atomic E-state index is 0. The molecule has 0 spiro atoms. The topological polar surface area (TPSA) is 50.9 Å². The third-order valence-corrected chi connectivity index (χ3v) is 11.1. The Morgan fingerprint density at radius 3 is 1.87 bits per heavy atom. The zero-order valence-electron chi connectivity index (χ0n) is 70.3. The van der Waals surface area contributed by atoms with Gasteiger partial charge in [-0.25, -0.2) is 4.98 Å². The van der Waals surface area contributed by atoms with Crippen molar-refractivity contribution in [2.45, 2.75) is 130 Å². The molecule has 0 unspecified atom stereocenters. The summed E-state index contributed by atoms with van der Waals surface area (Å²) in [5.41, 5.74) is -22.4. The maximum absolute atomic E-state index is 13.3. The molecular formula is C62H68N3OPt-. The van der Waals surface area contributed by atoms with E-state index < -0.39 is 175 Å². The fourth-order valence-corrected chi connectivity index (χ4v) is 7.55. The number of fused-ring (bicyclic) bond motifs is 1. The maximum atomic E-state index is 13.3. The van der Waals surface area contributed by atoms with Crippen LogP contribution >= 0.6 is 0 Å². The van der Waals surface area contributed by atoms with Crippen molar-refractivity contribution in [3.8, 4) is 67.5 Å². The van der Waals surface area contributed by atoms with Gasteiger partial charge in [-0.1, -0.05) is 199 Å². The van der Waals surface area contributed by atoms with Crippen molar-refractivity contribution in [2.24, 2.45) is 0 Å². The van der Waals surface area contributed by atoms with Crippen molar-refractivity contribution in [1.82, 2.24) is 14.5 Å². The zero-order valence-corrected chi connectivity index (χ0v) is 39.6. The van der Waals surface area contributed by atoms with Crippen LogP contribution in [0, 0.1) is 6.07 Å². The Labute approximate surface area is 461 Å². The number of pyridine rings is 1. The molecule has 67 heavy (non-hydrogen) atoms. The smallest absolute Gasteiger partial charge is 0.148 e. The molecule has 4 nitrogen and oxygen atoms in total. The van der Waals surface area contributed by atoms with E-state index >= 15 is 0 Å². The van der Waals surface area contributed by atoms with Crippen LogP contribution in [0.25, 0.3) is 72.7 Å². The summed E-state index contributed by atoms with van der Waals surface area (Å²) in [6, 6.07) is 18.4. The SMILES string of the molecule is [2H]c1c([2H])c(C(C)(C)C)c([2H])c([2H])c1-c1ccnc(-c2[c-]c(-c3cccc4c3nc(-c3c([2H])c(C(C([2H])([2H])[2H])(C([2H])([2H])[2H])C([2H])([2H])[2H])c([2H])c(C(C([2H])([2H])[2H])(C([2H])([2H])[2H])C([2H])([2H])[2H])c3O)n4-c3ccc(C(C)(C)C)cc3-c3ccccc3)cc(C(C([2H])([2H])[2H])(C([2H])([2H])[2H])C([2H])([2H])[2H])c2)c1.[Pt]. The van der Waals surface area contributed by atoms with Crippen molar-refractivity contribution < 1.29 is 71.4 Å². The zero-order chi connectivity index (χ0) is 75.4. The molecule has 0 saturated heterocycles. The first-order valence-corrected chi connectivity index (χ1v) is 20.8. The van der Waals surface area contributed by atoms with Gasteiger partial charge in [0.25, 0.3) is 0 Å². The van der Waals surface area contributed by atoms with Gasteiger partial charge in [-0.05, 0) is 90.8 Å². The number of nitrogens with zero attached hydrogens (tertiary/aromatic N) is 3. The van der Waals surface area contributed by atoms with E-state index in [9.17, 15) is 7.85 Å². The van der Waals surface area contributed by atoms with Crippen LogP contribution in [0.1, 0.15) is 176 Å². The molecule has 348 valence electrons. The summed E-state index contributed by atoms with van der Waals surface area (Å²) in [5.74, 6) is -2.94. The van der Waals surface area contributed by atoms with E-state index in [-0.39, 0.29) is 65.8 Å². The van der Waals surface area contributed by atoms with Crippen LogP contribution in [-0.2, 0) is 48.1 Å². The number of phenols is 1. The number of aromatic nitrogens is 3. The van der Waals surface area contributed by atoms with E-state index in [0.29, 0.717) is 11.1 Å². The fourth-order valence-electron chi connectivity index (χ4n) is 7.55. The fraction of sp³-hybridized carbons (Fsp3) is 0.323. The first-order valence-electron chi connectivity index (χ1n) is 37.3. The van der Waals surface area contributed by atoms with E-state index in [2.05, 4.69) is 11.1 Å². The van der Waals surface area contributed by atoms with Gasteiger partial charge in [-0.2, -0.15) is 0 Å². The number of phenolic OH excluding ortho intramolecular Hbond substituents is 1. The number of rotatable bonds is 6. The molecule has 0 aliphatic rings. The third kappa shape index (κ3) is 10.0. The van der Waals surface area contributed by atoms with Gasteiger partial charge in [0.1, 0.15) is 11.6 Å². The van der Waals surface area contributed by atoms with Gasteiger partial charge >= 0.3 is 0 Å². The summed E-state index contributed by atoms with van der Waals surface area (Å²) in [6.45, 7) is -28.3. The molecule has 0 saturated carbocycles. The second-order valence-electron chi connectivity index (χ2n) is 18.4. The molecule has 1 N–H and O–H groups in total. The molecule has 0 atom stereocenters. The minimum atomic E-state index is -4.63. The molecule has 2 aromatic heterocycles. The quantitative estimate of drug-likeness (QED) is 0.169. The van der Waals surface area contributed by atoms with Crippen LogP contribution in [0.3, 0.4) is 0 Å². The Bertz CT molecular complexity index is 4260. The largest absolute Gasteiger partial charge is 0.507 e. The van der Waals surface area contributed by atoms with E-state index in [1.54, 1.807) is 63.2 Å². The Morgan fingerprint density at radius 2 is 1.21 bits per heavy atom. The number of imidazole rings is 1. The summed E-state index contributed by atoms with van der Waals surface area (Å²) in [5, 5.41) is 13.3. The van der Waals surface area contributed by atoms with Gasteiger partial charge in [0.2, 0.25) is 0 Å². The second-order valence-corrected chi connectivity index (χ2v) is 18.4. The van der Waals surface area contributed by atoms with Crippen molar-refractivity contribution in [3.05, 3.63) is 167 Å². The standard InChI is InChI=1S/C62H68N3O.Pt/c1-58(2,3)44-26-24-39(25-27-44)41-30-31-63-52(35-41)43-32-42(33-46(34-43)60(7,8)9)48-22-19-23-54-55(48)64-57(50-37-47(61(10,11)12)38-51(56(50)66)62(13,14)15)65(54)53-29-28-45(59(4,5)6)36-49(53)40-20-17-16-18-21-40;/h16-31,33-38,66H,1-15H3;/q-1;/i7D3,8D3,9D3,10D3,11D3,12D3,13D3,14D3,15D3,24D,25D,26D,27D,37D,38D;. The maximum Gasteiger partial charge on any atom is 0.148 e. The molecular weight excluding hydrogens is 998 g/mol. The molecule has 0 aliphatic heterocycles. The number of benzene rings is 6. The van der Waals surface area contributed by atoms with Crippen LogP contribution in [0.4, 0.5) is 0 Å². The van der Waals surface area contributed by atoms with Gasteiger partial charge < -0.3 is 5.11 Å². The average molecular weight is 1100 g/mol. The Balaban J connectivity index is 0.0000140.